The van der Waals surface area contributed by atoms with E-state index >= 15 is 0 Å². The third kappa shape index (κ3) is 4.28. The summed E-state index contributed by atoms with van der Waals surface area (Å²) in [5, 5.41) is 22.1. The van der Waals surface area contributed by atoms with E-state index in [4.69, 9.17) is 5.11 Å². The van der Waals surface area contributed by atoms with Gasteiger partial charge in [-0.15, -0.1) is 0 Å². The molecule has 17 heavy (non-hydrogen) atoms. The number of ketones is 1. The zero-order valence-corrected chi connectivity index (χ0v) is 10.3. The van der Waals surface area contributed by atoms with Crippen LogP contribution in [0.1, 0.15) is 49.5 Å². The fraction of sp³-hybridized carbons (Fsp3) is 0.667. The Bertz CT molecular complexity index is 360. The minimum atomic E-state index is -0.386. The van der Waals surface area contributed by atoms with E-state index < -0.39 is 0 Å². The molecular formula is C12H20N2O3. The van der Waals surface area contributed by atoms with Crippen LogP contribution < -0.4 is 0 Å². The van der Waals surface area contributed by atoms with Gasteiger partial charge >= 0.3 is 0 Å². The van der Waals surface area contributed by atoms with Crippen LogP contribution in [0.3, 0.4) is 0 Å². The molecule has 0 aliphatic carbocycles. The molecule has 0 radical (unpaired) electrons. The lowest BCUT2D eigenvalue weighted by Crippen LogP contribution is -2.12. The average molecular weight is 240 g/mol. The predicted octanol–water partition coefficient (Wildman–Crippen LogP) is 1.17. The normalized spacial score (nSPS) is 14.6. The molecule has 0 bridgehead atoms. The minimum absolute atomic E-state index is 0.00505. The molecule has 0 saturated heterocycles. The number of aromatic nitrogens is 2. The lowest BCUT2D eigenvalue weighted by Gasteiger charge is -2.13. The first-order valence-electron chi connectivity index (χ1n) is 5.91. The van der Waals surface area contributed by atoms with Gasteiger partial charge in [-0.2, -0.15) is 5.10 Å². The summed E-state index contributed by atoms with van der Waals surface area (Å²) in [4.78, 5) is 11.6. The van der Waals surface area contributed by atoms with Crippen LogP contribution in [0, 0.1) is 0 Å². The van der Waals surface area contributed by atoms with E-state index in [0.717, 1.165) is 0 Å². The zero-order chi connectivity index (χ0) is 12.8. The predicted molar refractivity (Wildman–Crippen MR) is 63.9 cm³/mol. The van der Waals surface area contributed by atoms with Gasteiger partial charge in [-0.25, -0.2) is 0 Å². The summed E-state index contributed by atoms with van der Waals surface area (Å²) >= 11 is 0. The molecule has 0 amide bonds. The van der Waals surface area contributed by atoms with Crippen molar-refractivity contribution in [1.82, 2.24) is 9.78 Å². The molecule has 0 spiro atoms. The highest BCUT2D eigenvalue weighted by Crippen LogP contribution is 2.14. The van der Waals surface area contributed by atoms with Gasteiger partial charge in [-0.1, -0.05) is 0 Å². The van der Waals surface area contributed by atoms with Crippen molar-refractivity contribution >= 4 is 5.78 Å². The van der Waals surface area contributed by atoms with Crippen molar-refractivity contribution in [3.8, 4) is 0 Å². The van der Waals surface area contributed by atoms with Gasteiger partial charge in [0.15, 0.2) is 5.78 Å². The first-order chi connectivity index (χ1) is 8.04. The van der Waals surface area contributed by atoms with E-state index in [9.17, 15) is 9.90 Å². The largest absolute Gasteiger partial charge is 0.396 e. The number of aliphatic hydroxyl groups excluding tert-OH is 2. The Labute approximate surface area is 101 Å². The Morgan fingerprint density at radius 1 is 1.53 bits per heavy atom. The summed E-state index contributed by atoms with van der Waals surface area (Å²) in [5.41, 5.74) is 0.566. The second-order valence-electron chi connectivity index (χ2n) is 4.39. The molecule has 1 aromatic heterocycles. The average Bonchev–Trinajstić information content (AvgIpc) is 2.74. The molecule has 0 aliphatic heterocycles. The number of carbonyl (C=O) groups is 1. The summed E-state index contributed by atoms with van der Waals surface area (Å²) in [7, 11) is 0. The Hall–Kier alpha value is -1.20. The highest BCUT2D eigenvalue weighted by Gasteiger charge is 2.12. The zero-order valence-electron chi connectivity index (χ0n) is 10.3. The number of hydrogen-bond acceptors (Lipinski definition) is 4. The lowest BCUT2D eigenvalue weighted by atomic mass is 10.1. The molecule has 1 heterocycles. The molecule has 2 N–H and O–H groups in total. The standard InChI is InChI=1S/C12H20N2O3/c1-9(6-10(2)16)14-8-11(7-13-14)12(17)4-3-5-15/h7-10,15-16H,3-6H2,1-2H3. The van der Waals surface area contributed by atoms with Crippen molar-refractivity contribution in [1.29, 1.82) is 0 Å². The number of rotatable bonds is 7. The van der Waals surface area contributed by atoms with Crippen LogP contribution >= 0.6 is 0 Å². The van der Waals surface area contributed by atoms with E-state index in [1.807, 2.05) is 6.92 Å². The smallest absolute Gasteiger partial charge is 0.166 e. The van der Waals surface area contributed by atoms with Gasteiger partial charge in [0.05, 0.1) is 23.9 Å². The quantitative estimate of drug-likeness (QED) is 0.701. The molecule has 0 fully saturated rings. The van der Waals surface area contributed by atoms with Crippen LogP contribution in [0.2, 0.25) is 0 Å². The first kappa shape index (κ1) is 13.9. The Balaban J connectivity index is 2.61. The molecule has 2 atom stereocenters. The third-order valence-corrected chi connectivity index (χ3v) is 2.62. The highest BCUT2D eigenvalue weighted by molar-refractivity contribution is 5.95. The second-order valence-corrected chi connectivity index (χ2v) is 4.39. The van der Waals surface area contributed by atoms with Crippen molar-refractivity contribution in [2.24, 2.45) is 0 Å². The van der Waals surface area contributed by atoms with E-state index in [-0.39, 0.29) is 24.5 Å². The number of carbonyl (C=O) groups excluding carboxylic acids is 1. The van der Waals surface area contributed by atoms with E-state index in [2.05, 4.69) is 5.10 Å². The maximum absolute atomic E-state index is 11.6. The van der Waals surface area contributed by atoms with Crippen LogP contribution in [0.15, 0.2) is 12.4 Å². The minimum Gasteiger partial charge on any atom is -0.396 e. The maximum atomic E-state index is 11.6. The molecule has 0 aromatic carbocycles. The SMILES string of the molecule is CC(O)CC(C)n1cc(C(=O)CCCO)cn1. The Kier molecular flexibility index (Phi) is 5.31. The second kappa shape index (κ2) is 6.51. The van der Waals surface area contributed by atoms with Crippen molar-refractivity contribution < 1.29 is 15.0 Å². The number of hydrogen-bond donors (Lipinski definition) is 2. The fourth-order valence-corrected chi connectivity index (χ4v) is 1.71. The van der Waals surface area contributed by atoms with Crippen LogP contribution in [0.4, 0.5) is 0 Å². The monoisotopic (exact) mass is 240 g/mol. The van der Waals surface area contributed by atoms with Crippen LogP contribution in [-0.2, 0) is 0 Å². The summed E-state index contributed by atoms with van der Waals surface area (Å²) in [6.07, 6.45) is 4.28. The number of aliphatic hydroxyl groups is 2. The molecule has 1 aromatic rings. The van der Waals surface area contributed by atoms with Gasteiger partial charge in [0.25, 0.3) is 0 Å². The van der Waals surface area contributed by atoms with Crippen LogP contribution in [0.25, 0.3) is 0 Å². The van der Waals surface area contributed by atoms with E-state index in [1.165, 1.54) is 6.20 Å². The molecule has 0 aliphatic rings. The van der Waals surface area contributed by atoms with Crippen molar-refractivity contribution in [3.05, 3.63) is 18.0 Å². The van der Waals surface area contributed by atoms with Crippen molar-refractivity contribution in [3.63, 3.8) is 0 Å². The molecule has 1 rings (SSSR count). The van der Waals surface area contributed by atoms with Crippen molar-refractivity contribution in [2.45, 2.75) is 45.3 Å². The fourth-order valence-electron chi connectivity index (χ4n) is 1.71. The van der Waals surface area contributed by atoms with Gasteiger partial charge in [0.1, 0.15) is 0 Å². The Morgan fingerprint density at radius 2 is 2.24 bits per heavy atom. The van der Waals surface area contributed by atoms with E-state index in [0.29, 0.717) is 24.8 Å². The topological polar surface area (TPSA) is 75.4 Å². The van der Waals surface area contributed by atoms with Crippen LogP contribution in [0.5, 0.6) is 0 Å². The Morgan fingerprint density at radius 3 is 2.82 bits per heavy atom. The molecule has 0 saturated carbocycles. The maximum Gasteiger partial charge on any atom is 0.166 e. The molecule has 5 nitrogen and oxygen atoms in total. The molecule has 2 unspecified atom stereocenters. The van der Waals surface area contributed by atoms with Gasteiger partial charge in [0.2, 0.25) is 0 Å². The number of nitrogens with zero attached hydrogens (tertiary/aromatic N) is 2. The molecule has 5 heteroatoms. The summed E-state index contributed by atoms with van der Waals surface area (Å²) in [6, 6.07) is 0.0643. The van der Waals surface area contributed by atoms with Crippen molar-refractivity contribution in [2.75, 3.05) is 6.61 Å². The number of Topliss-reactive ketones (excluding diaryl/α,β-unsaturated/α-hetero) is 1. The van der Waals surface area contributed by atoms with Crippen LogP contribution in [-0.4, -0.2) is 38.5 Å². The lowest BCUT2D eigenvalue weighted by molar-refractivity contribution is 0.0971. The third-order valence-electron chi connectivity index (χ3n) is 2.62. The summed E-state index contributed by atoms with van der Waals surface area (Å²) < 4.78 is 1.69. The van der Waals surface area contributed by atoms with Gasteiger partial charge in [-0.3, -0.25) is 9.48 Å². The molecular weight excluding hydrogens is 220 g/mol. The summed E-state index contributed by atoms with van der Waals surface area (Å²) in [5.74, 6) is -0.00505. The van der Waals surface area contributed by atoms with Gasteiger partial charge < -0.3 is 10.2 Å². The summed E-state index contributed by atoms with van der Waals surface area (Å²) in [6.45, 7) is 3.70. The highest BCUT2D eigenvalue weighted by atomic mass is 16.3. The van der Waals surface area contributed by atoms with Gasteiger partial charge in [0, 0.05) is 19.2 Å². The van der Waals surface area contributed by atoms with Gasteiger partial charge in [-0.05, 0) is 26.7 Å². The first-order valence-corrected chi connectivity index (χ1v) is 5.91. The molecule has 96 valence electrons. The van der Waals surface area contributed by atoms with E-state index in [1.54, 1.807) is 17.8 Å².